The van der Waals surface area contributed by atoms with Crippen molar-refractivity contribution in [1.82, 2.24) is 4.90 Å². The second kappa shape index (κ2) is 4.08. The van der Waals surface area contributed by atoms with E-state index >= 15 is 0 Å². The molecule has 0 bridgehead atoms. The number of nitrogens with zero attached hydrogens (tertiary/aromatic N) is 2. The number of hydrogen-bond donors (Lipinski definition) is 1. The van der Waals surface area contributed by atoms with Gasteiger partial charge in [-0.2, -0.15) is 0 Å². The number of carbonyl (C=O) groups excluding carboxylic acids is 1. The third kappa shape index (κ3) is 1.75. The molecule has 0 spiro atoms. The van der Waals surface area contributed by atoms with Gasteiger partial charge in [0.1, 0.15) is 12.4 Å². The predicted molar refractivity (Wildman–Crippen MR) is 69.7 cm³/mol. The summed E-state index contributed by atoms with van der Waals surface area (Å²) in [6.45, 7) is 4.59. The molecule has 1 amide bonds. The van der Waals surface area contributed by atoms with Crippen molar-refractivity contribution in [2.45, 2.75) is 13.0 Å². The second-order valence-corrected chi connectivity index (χ2v) is 4.85. The molecule has 2 heterocycles. The van der Waals surface area contributed by atoms with Crippen LogP contribution < -0.4 is 15.4 Å². The molecule has 18 heavy (non-hydrogen) atoms. The Morgan fingerprint density at radius 1 is 1.44 bits per heavy atom. The van der Waals surface area contributed by atoms with E-state index in [-0.39, 0.29) is 11.9 Å². The van der Waals surface area contributed by atoms with Gasteiger partial charge in [0, 0.05) is 38.3 Å². The zero-order chi connectivity index (χ0) is 12.7. The molecule has 96 valence electrons. The van der Waals surface area contributed by atoms with Crippen molar-refractivity contribution in [3.05, 3.63) is 18.2 Å². The number of nitrogen functional groups attached to an aromatic ring is 1. The summed E-state index contributed by atoms with van der Waals surface area (Å²) in [5, 5.41) is 0. The summed E-state index contributed by atoms with van der Waals surface area (Å²) in [6.07, 6.45) is 0. The molecule has 0 aliphatic carbocycles. The Hall–Kier alpha value is -1.91. The summed E-state index contributed by atoms with van der Waals surface area (Å²) in [5.41, 5.74) is 7.56. The molecule has 1 aromatic carbocycles. The SMILES string of the molecule is CC(=O)N1CCN2c3ccc(N)cc3OC[C@@H]2C1. The first-order valence-electron chi connectivity index (χ1n) is 6.19. The Labute approximate surface area is 106 Å². The van der Waals surface area contributed by atoms with E-state index in [0.29, 0.717) is 6.61 Å². The topological polar surface area (TPSA) is 58.8 Å². The van der Waals surface area contributed by atoms with Crippen molar-refractivity contribution < 1.29 is 9.53 Å². The van der Waals surface area contributed by atoms with Gasteiger partial charge < -0.3 is 20.3 Å². The number of anilines is 2. The van der Waals surface area contributed by atoms with Crippen LogP contribution in [0.15, 0.2) is 18.2 Å². The van der Waals surface area contributed by atoms with Gasteiger partial charge in [-0.3, -0.25) is 4.79 Å². The van der Waals surface area contributed by atoms with Gasteiger partial charge in [-0.25, -0.2) is 0 Å². The van der Waals surface area contributed by atoms with Crippen LogP contribution in [0.3, 0.4) is 0 Å². The minimum Gasteiger partial charge on any atom is -0.489 e. The van der Waals surface area contributed by atoms with Crippen LogP contribution in [0.2, 0.25) is 0 Å². The van der Waals surface area contributed by atoms with Crippen molar-refractivity contribution in [3.8, 4) is 5.75 Å². The van der Waals surface area contributed by atoms with E-state index in [1.165, 1.54) is 0 Å². The molecule has 2 N–H and O–H groups in total. The lowest BCUT2D eigenvalue weighted by Gasteiger charge is -2.45. The summed E-state index contributed by atoms with van der Waals surface area (Å²) in [4.78, 5) is 15.6. The lowest BCUT2D eigenvalue weighted by atomic mass is 10.1. The van der Waals surface area contributed by atoms with Gasteiger partial charge in [-0.15, -0.1) is 0 Å². The second-order valence-electron chi connectivity index (χ2n) is 4.85. The normalized spacial score (nSPS) is 21.9. The summed E-state index contributed by atoms with van der Waals surface area (Å²) < 4.78 is 5.74. The number of carbonyl (C=O) groups is 1. The Kier molecular flexibility index (Phi) is 2.54. The maximum Gasteiger partial charge on any atom is 0.219 e. The van der Waals surface area contributed by atoms with Crippen LogP contribution in [-0.4, -0.2) is 43.1 Å². The summed E-state index contributed by atoms with van der Waals surface area (Å²) >= 11 is 0. The first-order chi connectivity index (χ1) is 8.65. The highest BCUT2D eigenvalue weighted by atomic mass is 16.5. The van der Waals surface area contributed by atoms with Gasteiger partial charge in [-0.1, -0.05) is 0 Å². The average Bonchev–Trinajstić information content (AvgIpc) is 2.37. The first-order valence-corrected chi connectivity index (χ1v) is 6.19. The van der Waals surface area contributed by atoms with E-state index in [4.69, 9.17) is 10.5 Å². The average molecular weight is 247 g/mol. The van der Waals surface area contributed by atoms with Crippen LogP contribution in [0.4, 0.5) is 11.4 Å². The molecule has 1 saturated heterocycles. The molecule has 1 aromatic rings. The fourth-order valence-corrected chi connectivity index (χ4v) is 2.67. The molecule has 1 atom stereocenters. The molecule has 5 nitrogen and oxygen atoms in total. The highest BCUT2D eigenvalue weighted by molar-refractivity contribution is 5.74. The van der Waals surface area contributed by atoms with Crippen molar-refractivity contribution in [2.24, 2.45) is 0 Å². The smallest absolute Gasteiger partial charge is 0.219 e. The molecule has 5 heteroatoms. The maximum atomic E-state index is 11.4. The molecule has 2 aliphatic rings. The number of amides is 1. The van der Waals surface area contributed by atoms with Crippen molar-refractivity contribution in [3.63, 3.8) is 0 Å². The van der Waals surface area contributed by atoms with Crippen LogP contribution in [0.5, 0.6) is 5.75 Å². The lowest BCUT2D eigenvalue weighted by molar-refractivity contribution is -0.129. The summed E-state index contributed by atoms with van der Waals surface area (Å²) in [6, 6.07) is 6.00. The van der Waals surface area contributed by atoms with Gasteiger partial charge in [-0.05, 0) is 12.1 Å². The number of ether oxygens (including phenoxy) is 1. The minimum atomic E-state index is 0.137. The van der Waals surface area contributed by atoms with E-state index in [1.54, 1.807) is 6.92 Å². The Balaban J connectivity index is 1.86. The minimum absolute atomic E-state index is 0.137. The molecule has 2 aliphatic heterocycles. The lowest BCUT2D eigenvalue weighted by Crippen LogP contribution is -2.58. The molecule has 1 fully saturated rings. The predicted octanol–water partition coefficient (Wildman–Crippen LogP) is 0.698. The number of hydrogen-bond acceptors (Lipinski definition) is 4. The number of benzene rings is 1. The molecule has 0 unspecified atom stereocenters. The van der Waals surface area contributed by atoms with Gasteiger partial charge in [0.2, 0.25) is 5.91 Å². The third-order valence-corrected chi connectivity index (χ3v) is 3.65. The third-order valence-electron chi connectivity index (χ3n) is 3.65. The zero-order valence-corrected chi connectivity index (χ0v) is 10.4. The van der Waals surface area contributed by atoms with Crippen LogP contribution in [0.25, 0.3) is 0 Å². The van der Waals surface area contributed by atoms with Crippen LogP contribution in [-0.2, 0) is 4.79 Å². The van der Waals surface area contributed by atoms with E-state index in [9.17, 15) is 4.79 Å². The zero-order valence-electron chi connectivity index (χ0n) is 10.4. The Bertz CT molecular complexity index is 489. The van der Waals surface area contributed by atoms with E-state index < -0.39 is 0 Å². The van der Waals surface area contributed by atoms with E-state index in [1.807, 2.05) is 23.1 Å². The molecule has 0 aromatic heterocycles. The first kappa shape index (κ1) is 11.2. The Morgan fingerprint density at radius 3 is 3.06 bits per heavy atom. The molecule has 3 rings (SSSR count). The molecular formula is C13H17N3O2. The van der Waals surface area contributed by atoms with E-state index in [0.717, 1.165) is 36.8 Å². The van der Waals surface area contributed by atoms with Crippen molar-refractivity contribution in [2.75, 3.05) is 36.9 Å². The van der Waals surface area contributed by atoms with Crippen LogP contribution in [0, 0.1) is 0 Å². The van der Waals surface area contributed by atoms with Gasteiger partial charge in [0.15, 0.2) is 0 Å². The number of fused-ring (bicyclic) bond motifs is 3. The molecular weight excluding hydrogens is 230 g/mol. The van der Waals surface area contributed by atoms with Gasteiger partial charge >= 0.3 is 0 Å². The monoisotopic (exact) mass is 247 g/mol. The number of rotatable bonds is 0. The summed E-state index contributed by atoms with van der Waals surface area (Å²) in [7, 11) is 0. The standard InChI is InChI=1S/C13H17N3O2/c1-9(17)15-4-5-16-11(7-15)8-18-13-6-10(14)2-3-12(13)16/h2-3,6,11H,4-5,7-8,14H2,1H3/t11-/m0/s1. The van der Waals surface area contributed by atoms with Gasteiger partial charge in [0.25, 0.3) is 0 Å². The van der Waals surface area contributed by atoms with Crippen molar-refractivity contribution >= 4 is 17.3 Å². The fourth-order valence-electron chi connectivity index (χ4n) is 2.67. The number of piperazine rings is 1. The quantitative estimate of drug-likeness (QED) is 0.686. The van der Waals surface area contributed by atoms with E-state index in [2.05, 4.69) is 4.90 Å². The van der Waals surface area contributed by atoms with Gasteiger partial charge in [0.05, 0.1) is 11.7 Å². The Morgan fingerprint density at radius 2 is 2.28 bits per heavy atom. The number of nitrogens with two attached hydrogens (primary N) is 1. The fraction of sp³-hybridized carbons (Fsp3) is 0.462. The van der Waals surface area contributed by atoms with Crippen molar-refractivity contribution in [1.29, 1.82) is 0 Å². The van der Waals surface area contributed by atoms with Crippen LogP contribution >= 0.6 is 0 Å². The highest BCUT2D eigenvalue weighted by Gasteiger charge is 2.33. The molecule has 0 radical (unpaired) electrons. The largest absolute Gasteiger partial charge is 0.489 e. The summed E-state index contributed by atoms with van der Waals surface area (Å²) in [5.74, 6) is 0.986. The molecule has 0 saturated carbocycles. The highest BCUT2D eigenvalue weighted by Crippen LogP contribution is 2.36. The van der Waals surface area contributed by atoms with Crippen LogP contribution in [0.1, 0.15) is 6.92 Å². The maximum absolute atomic E-state index is 11.4.